The van der Waals surface area contributed by atoms with E-state index in [-0.39, 0.29) is 16.8 Å². The minimum atomic E-state index is -3.45. The van der Waals surface area contributed by atoms with E-state index in [0.29, 0.717) is 0 Å². The molecule has 2 rings (SSSR count). The zero-order valence-corrected chi connectivity index (χ0v) is 16.2. The van der Waals surface area contributed by atoms with Crippen molar-refractivity contribution in [2.24, 2.45) is 0 Å². The molecule has 26 heavy (non-hydrogen) atoms. The molecule has 0 spiro atoms. The number of carbonyl (C=O) groups is 1. The predicted octanol–water partition coefficient (Wildman–Crippen LogP) is 3.14. The summed E-state index contributed by atoms with van der Waals surface area (Å²) in [5.74, 6) is -0.120. The molecule has 2 aromatic rings. The molecule has 0 aromatic heterocycles. The topological polar surface area (TPSA) is 66.5 Å². The summed E-state index contributed by atoms with van der Waals surface area (Å²) in [6, 6.07) is 14.4. The van der Waals surface area contributed by atoms with E-state index in [9.17, 15) is 13.2 Å². The van der Waals surface area contributed by atoms with Gasteiger partial charge in [-0.05, 0) is 50.2 Å². The van der Waals surface area contributed by atoms with Crippen LogP contribution in [0.3, 0.4) is 0 Å². The van der Waals surface area contributed by atoms with E-state index >= 15 is 0 Å². The molecule has 0 aliphatic rings. The zero-order chi connectivity index (χ0) is 19.3. The number of nitrogens with one attached hydrogen (secondary N) is 1. The monoisotopic (exact) mass is 372 g/mol. The molecule has 1 N–H and O–H groups in total. The molecule has 0 aliphatic heterocycles. The van der Waals surface area contributed by atoms with Crippen LogP contribution in [0.15, 0.2) is 59.5 Å². The lowest BCUT2D eigenvalue weighted by atomic mass is 10.1. The standard InChI is InChI=1S/C20H24N2O3S/c1-15-5-10-18(11-6-15)16(2)22(4)20(23)14-9-17-7-12-19(13-8-17)26(24,25)21-3/h5-14,16,21H,1-4H3/b14-9+. The van der Waals surface area contributed by atoms with Crippen LogP contribution in [0.1, 0.15) is 29.7 Å². The van der Waals surface area contributed by atoms with Gasteiger partial charge in [0, 0.05) is 13.1 Å². The first kappa shape index (κ1) is 19.9. The normalized spacial score (nSPS) is 12.9. The first-order valence-corrected chi connectivity index (χ1v) is 9.78. The Kier molecular flexibility index (Phi) is 6.34. The summed E-state index contributed by atoms with van der Waals surface area (Å²) in [5.41, 5.74) is 3.00. The van der Waals surface area contributed by atoms with Gasteiger partial charge in [0.1, 0.15) is 0 Å². The fraction of sp³-hybridized carbons (Fsp3) is 0.250. The van der Waals surface area contributed by atoms with Gasteiger partial charge in [-0.1, -0.05) is 42.0 Å². The van der Waals surface area contributed by atoms with E-state index in [0.717, 1.165) is 11.1 Å². The van der Waals surface area contributed by atoms with E-state index in [4.69, 9.17) is 0 Å². The molecule has 0 aliphatic carbocycles. The molecule has 0 radical (unpaired) electrons. The Labute approximate surface area is 155 Å². The molecule has 1 unspecified atom stereocenters. The molecule has 0 bridgehead atoms. The van der Waals surface area contributed by atoms with Gasteiger partial charge in [0.15, 0.2) is 0 Å². The van der Waals surface area contributed by atoms with E-state index < -0.39 is 10.0 Å². The van der Waals surface area contributed by atoms with Gasteiger partial charge in [0.05, 0.1) is 10.9 Å². The fourth-order valence-corrected chi connectivity index (χ4v) is 3.15. The van der Waals surface area contributed by atoms with Crippen LogP contribution < -0.4 is 4.72 Å². The molecule has 6 heteroatoms. The number of carbonyl (C=O) groups excluding carboxylic acids is 1. The summed E-state index contributed by atoms with van der Waals surface area (Å²) < 4.78 is 25.7. The summed E-state index contributed by atoms with van der Waals surface area (Å²) in [5, 5.41) is 0. The number of amides is 1. The fourth-order valence-electron chi connectivity index (χ4n) is 2.42. The summed E-state index contributed by atoms with van der Waals surface area (Å²) in [7, 11) is -0.322. The van der Waals surface area contributed by atoms with Crippen molar-refractivity contribution in [3.8, 4) is 0 Å². The quantitative estimate of drug-likeness (QED) is 0.792. The number of hydrogen-bond acceptors (Lipinski definition) is 3. The lowest BCUT2D eigenvalue weighted by Gasteiger charge is -2.24. The molecule has 0 saturated heterocycles. The highest BCUT2D eigenvalue weighted by Crippen LogP contribution is 2.20. The molecule has 0 fully saturated rings. The zero-order valence-electron chi connectivity index (χ0n) is 15.4. The number of likely N-dealkylation sites (N-methyl/N-ethyl adjacent to an activating group) is 1. The Morgan fingerprint density at radius 2 is 1.65 bits per heavy atom. The van der Waals surface area contributed by atoms with Crippen LogP contribution in [0, 0.1) is 6.92 Å². The van der Waals surface area contributed by atoms with Crippen LogP contribution in [0.5, 0.6) is 0 Å². The summed E-state index contributed by atoms with van der Waals surface area (Å²) in [4.78, 5) is 14.3. The van der Waals surface area contributed by atoms with Gasteiger partial charge in [-0.15, -0.1) is 0 Å². The molecule has 5 nitrogen and oxygen atoms in total. The van der Waals surface area contributed by atoms with Gasteiger partial charge >= 0.3 is 0 Å². The van der Waals surface area contributed by atoms with Gasteiger partial charge in [-0.2, -0.15) is 0 Å². The Bertz CT molecular complexity index is 886. The third-order valence-electron chi connectivity index (χ3n) is 4.37. The van der Waals surface area contributed by atoms with Crippen molar-refractivity contribution in [1.82, 2.24) is 9.62 Å². The molecular formula is C20H24N2O3S. The molecule has 138 valence electrons. The highest BCUT2D eigenvalue weighted by molar-refractivity contribution is 7.89. The molecule has 1 amide bonds. The van der Waals surface area contributed by atoms with Gasteiger partial charge in [-0.3, -0.25) is 4.79 Å². The van der Waals surface area contributed by atoms with Gasteiger partial charge < -0.3 is 4.90 Å². The largest absolute Gasteiger partial charge is 0.335 e. The minimum absolute atomic E-state index is 0.0455. The first-order valence-electron chi connectivity index (χ1n) is 8.29. The van der Waals surface area contributed by atoms with Crippen molar-refractivity contribution in [2.75, 3.05) is 14.1 Å². The van der Waals surface area contributed by atoms with Crippen molar-refractivity contribution in [3.63, 3.8) is 0 Å². The number of rotatable bonds is 6. The lowest BCUT2D eigenvalue weighted by Crippen LogP contribution is -2.27. The second-order valence-corrected chi connectivity index (χ2v) is 8.03. The highest BCUT2D eigenvalue weighted by atomic mass is 32.2. The van der Waals surface area contributed by atoms with Crippen LogP contribution in [0.2, 0.25) is 0 Å². The average molecular weight is 372 g/mol. The average Bonchev–Trinajstić information content (AvgIpc) is 2.65. The van der Waals surface area contributed by atoms with Crippen molar-refractivity contribution >= 4 is 22.0 Å². The van der Waals surface area contributed by atoms with E-state index in [1.54, 1.807) is 30.2 Å². The van der Waals surface area contributed by atoms with Crippen molar-refractivity contribution in [3.05, 3.63) is 71.3 Å². The lowest BCUT2D eigenvalue weighted by molar-refractivity contribution is -0.126. The maximum atomic E-state index is 12.4. The van der Waals surface area contributed by atoms with Crippen LogP contribution in [-0.2, 0) is 14.8 Å². The smallest absolute Gasteiger partial charge is 0.246 e. The Hall–Kier alpha value is -2.44. The predicted molar refractivity (Wildman–Crippen MR) is 104 cm³/mol. The number of nitrogens with zero attached hydrogens (tertiary/aromatic N) is 1. The summed E-state index contributed by atoms with van der Waals surface area (Å²) in [6.07, 6.45) is 3.17. The Morgan fingerprint density at radius 1 is 1.08 bits per heavy atom. The van der Waals surface area contributed by atoms with E-state index in [2.05, 4.69) is 4.72 Å². The van der Waals surface area contributed by atoms with Gasteiger partial charge in [0.25, 0.3) is 0 Å². The maximum Gasteiger partial charge on any atom is 0.246 e. The summed E-state index contributed by atoms with van der Waals surface area (Å²) >= 11 is 0. The first-order chi connectivity index (χ1) is 12.2. The van der Waals surface area contributed by atoms with Crippen molar-refractivity contribution in [2.45, 2.75) is 24.8 Å². The van der Waals surface area contributed by atoms with Crippen LogP contribution >= 0.6 is 0 Å². The number of hydrogen-bond donors (Lipinski definition) is 1. The summed E-state index contributed by atoms with van der Waals surface area (Å²) in [6.45, 7) is 4.01. The SMILES string of the molecule is CNS(=O)(=O)c1ccc(/C=C/C(=O)N(C)C(C)c2ccc(C)cc2)cc1. The van der Waals surface area contributed by atoms with Crippen molar-refractivity contribution in [1.29, 1.82) is 0 Å². The third kappa shape index (κ3) is 4.80. The molecule has 0 saturated carbocycles. The minimum Gasteiger partial charge on any atom is -0.335 e. The Morgan fingerprint density at radius 3 is 2.19 bits per heavy atom. The number of sulfonamides is 1. The number of benzene rings is 2. The molecule has 1 atom stereocenters. The third-order valence-corrected chi connectivity index (χ3v) is 5.80. The van der Waals surface area contributed by atoms with Gasteiger partial charge in [-0.25, -0.2) is 13.1 Å². The van der Waals surface area contributed by atoms with E-state index in [1.165, 1.54) is 30.8 Å². The van der Waals surface area contributed by atoms with Crippen molar-refractivity contribution < 1.29 is 13.2 Å². The molecule has 2 aromatic carbocycles. The van der Waals surface area contributed by atoms with Crippen LogP contribution in [0.4, 0.5) is 0 Å². The van der Waals surface area contributed by atoms with E-state index in [1.807, 2.05) is 38.1 Å². The highest BCUT2D eigenvalue weighted by Gasteiger charge is 2.15. The Balaban J connectivity index is 2.07. The van der Waals surface area contributed by atoms with Crippen LogP contribution in [-0.4, -0.2) is 33.3 Å². The van der Waals surface area contributed by atoms with Crippen LogP contribution in [0.25, 0.3) is 6.08 Å². The van der Waals surface area contributed by atoms with Gasteiger partial charge in [0.2, 0.25) is 15.9 Å². The maximum absolute atomic E-state index is 12.4. The second-order valence-electron chi connectivity index (χ2n) is 6.15. The number of aryl methyl sites for hydroxylation is 1. The molecular weight excluding hydrogens is 348 g/mol. The second kappa shape index (κ2) is 8.29. The molecule has 0 heterocycles.